The van der Waals surface area contributed by atoms with Gasteiger partial charge in [0.25, 0.3) is 5.69 Å². The zero-order valence-electron chi connectivity index (χ0n) is 14.1. The van der Waals surface area contributed by atoms with Crippen LogP contribution in [-0.4, -0.2) is 30.0 Å². The Bertz CT molecular complexity index is 616. The van der Waals surface area contributed by atoms with Gasteiger partial charge >= 0.3 is 5.97 Å². The number of rotatable bonds is 9. The molecule has 0 bridgehead atoms. The van der Waals surface area contributed by atoms with E-state index in [0.717, 1.165) is 6.07 Å². The zero-order chi connectivity index (χ0) is 18.3. The second-order valence-electron chi connectivity index (χ2n) is 5.81. The van der Waals surface area contributed by atoms with Gasteiger partial charge in [0.05, 0.1) is 17.4 Å². The molecule has 1 aromatic carbocycles. The number of ether oxygens (including phenoxy) is 1. The highest BCUT2D eigenvalue weighted by Gasteiger charge is 2.23. The van der Waals surface area contributed by atoms with Gasteiger partial charge in [0, 0.05) is 18.2 Å². The number of nitrogens with two attached hydrogens (primary N) is 1. The summed E-state index contributed by atoms with van der Waals surface area (Å²) < 4.78 is 5.05. The fourth-order valence-corrected chi connectivity index (χ4v) is 2.31. The third-order valence-corrected chi connectivity index (χ3v) is 3.39. The fourth-order valence-electron chi connectivity index (χ4n) is 2.31. The Morgan fingerprint density at radius 1 is 1.38 bits per heavy atom. The van der Waals surface area contributed by atoms with Gasteiger partial charge in [0.15, 0.2) is 0 Å². The lowest BCUT2D eigenvalue weighted by Gasteiger charge is -2.18. The molecule has 8 heteroatoms. The third-order valence-electron chi connectivity index (χ3n) is 3.39. The first-order valence-electron chi connectivity index (χ1n) is 7.75. The van der Waals surface area contributed by atoms with Gasteiger partial charge in [0.2, 0.25) is 5.91 Å². The monoisotopic (exact) mass is 337 g/mol. The Morgan fingerprint density at radius 2 is 2.04 bits per heavy atom. The molecule has 0 fully saturated rings. The number of primary amides is 1. The van der Waals surface area contributed by atoms with Crippen LogP contribution in [0.3, 0.4) is 0 Å². The molecular formula is C16H23N3O5. The van der Waals surface area contributed by atoms with E-state index >= 15 is 0 Å². The summed E-state index contributed by atoms with van der Waals surface area (Å²) in [6.07, 6.45) is 0.596. The Kier molecular flexibility index (Phi) is 7.16. The minimum Gasteiger partial charge on any atom is -0.466 e. The maximum absolute atomic E-state index is 12.0. The number of nitrogens with zero attached hydrogens (tertiary/aromatic N) is 1. The number of hydrogen-bond donors (Lipinski definition) is 2. The molecule has 3 N–H and O–H groups in total. The van der Waals surface area contributed by atoms with E-state index in [2.05, 4.69) is 5.32 Å². The first-order chi connectivity index (χ1) is 11.3. The lowest BCUT2D eigenvalue weighted by molar-refractivity contribution is -0.384. The van der Waals surface area contributed by atoms with Crippen molar-refractivity contribution < 1.29 is 19.2 Å². The molecule has 8 nitrogen and oxygen atoms in total. The Labute approximate surface area is 140 Å². The van der Waals surface area contributed by atoms with Gasteiger partial charge < -0.3 is 15.8 Å². The van der Waals surface area contributed by atoms with Crippen LogP contribution in [0.5, 0.6) is 0 Å². The minimum absolute atomic E-state index is 0.0522. The van der Waals surface area contributed by atoms with E-state index in [1.54, 1.807) is 6.92 Å². The van der Waals surface area contributed by atoms with Crippen molar-refractivity contribution in [2.45, 2.75) is 27.2 Å². The second kappa shape index (κ2) is 8.85. The maximum Gasteiger partial charge on any atom is 0.310 e. The number of nitrogens with one attached hydrogen (secondary N) is 1. The summed E-state index contributed by atoms with van der Waals surface area (Å²) in [5.41, 5.74) is 5.15. The van der Waals surface area contributed by atoms with Gasteiger partial charge in [-0.15, -0.1) is 0 Å². The number of esters is 1. The summed E-state index contributed by atoms with van der Waals surface area (Å²) in [5, 5.41) is 14.1. The third kappa shape index (κ3) is 5.53. The average Bonchev–Trinajstić information content (AvgIpc) is 2.50. The van der Waals surface area contributed by atoms with Crippen LogP contribution in [-0.2, 0) is 9.53 Å². The number of nitro benzene ring substituents is 1. The molecule has 1 rings (SSSR count). The van der Waals surface area contributed by atoms with Crippen molar-refractivity contribution in [2.75, 3.05) is 18.5 Å². The smallest absolute Gasteiger partial charge is 0.310 e. The van der Waals surface area contributed by atoms with Crippen LogP contribution in [0.4, 0.5) is 11.4 Å². The van der Waals surface area contributed by atoms with Crippen molar-refractivity contribution in [1.29, 1.82) is 0 Å². The van der Waals surface area contributed by atoms with Gasteiger partial charge in [0.1, 0.15) is 5.69 Å². The Balaban J connectivity index is 2.95. The molecule has 0 aliphatic carbocycles. The number of hydrogen-bond acceptors (Lipinski definition) is 6. The normalized spacial score (nSPS) is 11.8. The molecule has 0 radical (unpaired) electrons. The highest BCUT2D eigenvalue weighted by Crippen LogP contribution is 2.26. The Morgan fingerprint density at radius 3 is 2.54 bits per heavy atom. The van der Waals surface area contributed by atoms with E-state index in [9.17, 15) is 19.7 Å². The largest absolute Gasteiger partial charge is 0.466 e. The highest BCUT2D eigenvalue weighted by atomic mass is 16.6. The number of carbonyl (C=O) groups excluding carboxylic acids is 2. The second-order valence-corrected chi connectivity index (χ2v) is 5.81. The molecule has 0 spiro atoms. The fraction of sp³-hybridized carbons (Fsp3) is 0.500. The quantitative estimate of drug-likeness (QED) is 0.405. The molecule has 24 heavy (non-hydrogen) atoms. The lowest BCUT2D eigenvalue weighted by Crippen LogP contribution is -2.27. The van der Waals surface area contributed by atoms with Crippen LogP contribution in [0.2, 0.25) is 0 Å². The molecule has 1 unspecified atom stereocenters. The Hall–Kier alpha value is -2.64. The van der Waals surface area contributed by atoms with Crippen molar-refractivity contribution in [1.82, 2.24) is 0 Å². The van der Waals surface area contributed by atoms with Crippen LogP contribution in [0, 0.1) is 22.0 Å². The van der Waals surface area contributed by atoms with Crippen molar-refractivity contribution in [2.24, 2.45) is 17.6 Å². The topological polar surface area (TPSA) is 125 Å². The minimum atomic E-state index is -0.742. The van der Waals surface area contributed by atoms with Crippen LogP contribution < -0.4 is 11.1 Å². The van der Waals surface area contributed by atoms with E-state index in [1.807, 2.05) is 13.8 Å². The highest BCUT2D eigenvalue weighted by molar-refractivity contribution is 5.94. The molecule has 0 aromatic heterocycles. The van der Waals surface area contributed by atoms with Gasteiger partial charge in [-0.05, 0) is 31.4 Å². The summed E-state index contributed by atoms with van der Waals surface area (Å²) in [5.74, 6) is -1.22. The molecule has 1 aromatic rings. The van der Waals surface area contributed by atoms with E-state index in [4.69, 9.17) is 10.5 Å². The zero-order valence-corrected chi connectivity index (χ0v) is 14.1. The van der Waals surface area contributed by atoms with Gasteiger partial charge in [-0.2, -0.15) is 0 Å². The van der Waals surface area contributed by atoms with Crippen molar-refractivity contribution >= 4 is 23.3 Å². The number of nitro groups is 1. The summed E-state index contributed by atoms with van der Waals surface area (Å²) in [6, 6.07) is 3.93. The molecule has 0 heterocycles. The number of amides is 1. The van der Waals surface area contributed by atoms with Crippen molar-refractivity contribution in [3.63, 3.8) is 0 Å². The van der Waals surface area contributed by atoms with E-state index < -0.39 is 16.7 Å². The number of carbonyl (C=O) groups is 2. The SMILES string of the molecule is CCOC(=O)C(CNc1ccc(C(N)=O)cc1[N+](=O)[O-])CC(C)C. The summed E-state index contributed by atoms with van der Waals surface area (Å²) >= 11 is 0. The number of benzene rings is 1. The van der Waals surface area contributed by atoms with Gasteiger partial charge in [-0.3, -0.25) is 19.7 Å². The van der Waals surface area contributed by atoms with Crippen LogP contribution in [0.1, 0.15) is 37.6 Å². The standard InChI is InChI=1S/C16H23N3O5/c1-4-24-16(21)12(7-10(2)3)9-18-13-6-5-11(15(17)20)8-14(13)19(22)23/h5-6,8,10,12,18H,4,7,9H2,1-3H3,(H2,17,20). The van der Waals surface area contributed by atoms with E-state index in [0.29, 0.717) is 6.42 Å². The summed E-state index contributed by atoms with van der Waals surface area (Å²) in [7, 11) is 0. The number of anilines is 1. The predicted molar refractivity (Wildman–Crippen MR) is 89.7 cm³/mol. The molecule has 1 atom stereocenters. The average molecular weight is 337 g/mol. The van der Waals surface area contributed by atoms with Crippen LogP contribution >= 0.6 is 0 Å². The molecule has 1 amide bonds. The van der Waals surface area contributed by atoms with E-state index in [1.165, 1.54) is 12.1 Å². The first kappa shape index (κ1) is 19.4. The van der Waals surface area contributed by atoms with Crippen molar-refractivity contribution in [3.05, 3.63) is 33.9 Å². The molecule has 0 saturated carbocycles. The lowest BCUT2D eigenvalue weighted by atomic mass is 9.97. The predicted octanol–water partition coefficient (Wildman–Crippen LogP) is 2.33. The van der Waals surface area contributed by atoms with Crippen LogP contribution in [0.15, 0.2) is 18.2 Å². The maximum atomic E-state index is 12.0. The van der Waals surface area contributed by atoms with Crippen LogP contribution in [0.25, 0.3) is 0 Å². The molecule has 0 aliphatic rings. The molecule has 0 saturated heterocycles. The molecule has 0 aliphatic heterocycles. The van der Waals surface area contributed by atoms with Gasteiger partial charge in [-0.1, -0.05) is 13.8 Å². The van der Waals surface area contributed by atoms with Crippen molar-refractivity contribution in [3.8, 4) is 0 Å². The molecular weight excluding hydrogens is 314 g/mol. The molecule has 132 valence electrons. The van der Waals surface area contributed by atoms with E-state index in [-0.39, 0.29) is 42.0 Å². The van der Waals surface area contributed by atoms with Gasteiger partial charge in [-0.25, -0.2) is 0 Å². The summed E-state index contributed by atoms with van der Waals surface area (Å²) in [4.78, 5) is 33.7. The first-order valence-corrected chi connectivity index (χ1v) is 7.75. The summed E-state index contributed by atoms with van der Waals surface area (Å²) in [6.45, 7) is 6.17.